The minimum Gasteiger partial charge on any atom is -0.472 e. The fraction of sp³-hybridized carbons (Fsp3) is 0.333. The first-order valence-corrected chi connectivity index (χ1v) is 7.93. The van der Waals surface area contributed by atoms with Crippen molar-refractivity contribution in [3.63, 3.8) is 0 Å². The zero-order chi connectivity index (χ0) is 17.1. The number of nitrogens with zero attached hydrogens (tertiary/aromatic N) is 1. The monoisotopic (exact) mass is 330 g/mol. The normalized spacial score (nSPS) is 15.3. The van der Waals surface area contributed by atoms with Gasteiger partial charge in [0, 0.05) is 24.7 Å². The second-order valence-electron chi connectivity index (χ2n) is 6.03. The quantitative estimate of drug-likeness (QED) is 0.940. The van der Waals surface area contributed by atoms with Crippen LogP contribution in [0.1, 0.15) is 28.8 Å². The first-order valence-electron chi connectivity index (χ1n) is 7.93. The molecule has 0 aliphatic carbocycles. The first kappa shape index (κ1) is 16.2. The highest BCUT2D eigenvalue weighted by molar-refractivity contribution is 5.95. The molecule has 24 heavy (non-hydrogen) atoms. The van der Waals surface area contributed by atoms with Gasteiger partial charge in [-0.05, 0) is 43.5 Å². The zero-order valence-electron chi connectivity index (χ0n) is 13.4. The number of likely N-dealkylation sites (tertiary alicyclic amines) is 1. The largest absolute Gasteiger partial charge is 0.472 e. The first-order chi connectivity index (χ1) is 11.5. The fourth-order valence-corrected chi connectivity index (χ4v) is 2.83. The Kier molecular flexibility index (Phi) is 4.64. The third-order valence-electron chi connectivity index (χ3n) is 4.36. The average molecular weight is 330 g/mol. The van der Waals surface area contributed by atoms with Crippen LogP contribution in [0.25, 0.3) is 0 Å². The zero-order valence-corrected chi connectivity index (χ0v) is 13.4. The molecule has 1 saturated heterocycles. The lowest BCUT2D eigenvalue weighted by Crippen LogP contribution is -2.41. The summed E-state index contributed by atoms with van der Waals surface area (Å²) in [6.07, 6.45) is 4.06. The summed E-state index contributed by atoms with van der Waals surface area (Å²) in [6.45, 7) is 2.71. The molecule has 0 unspecified atom stereocenters. The number of nitrogens with one attached hydrogen (secondary N) is 1. The van der Waals surface area contributed by atoms with E-state index in [4.69, 9.17) is 4.42 Å². The molecule has 1 aliphatic rings. The van der Waals surface area contributed by atoms with E-state index in [0.717, 1.165) is 0 Å². The van der Waals surface area contributed by atoms with Crippen molar-refractivity contribution in [2.24, 2.45) is 5.92 Å². The van der Waals surface area contributed by atoms with Crippen LogP contribution < -0.4 is 5.32 Å². The maximum Gasteiger partial charge on any atom is 0.257 e. The van der Waals surface area contributed by atoms with Gasteiger partial charge in [-0.1, -0.05) is 6.07 Å². The fourth-order valence-electron chi connectivity index (χ4n) is 2.83. The van der Waals surface area contributed by atoms with E-state index in [1.807, 2.05) is 0 Å². The topological polar surface area (TPSA) is 62.6 Å². The predicted molar refractivity (Wildman–Crippen MR) is 87.1 cm³/mol. The Morgan fingerprint density at radius 3 is 2.62 bits per heavy atom. The van der Waals surface area contributed by atoms with Gasteiger partial charge in [0.1, 0.15) is 12.1 Å². The Morgan fingerprint density at radius 2 is 2.00 bits per heavy atom. The van der Waals surface area contributed by atoms with E-state index in [1.165, 1.54) is 18.6 Å². The van der Waals surface area contributed by atoms with Crippen LogP contribution >= 0.6 is 0 Å². The summed E-state index contributed by atoms with van der Waals surface area (Å²) in [4.78, 5) is 26.3. The molecule has 126 valence electrons. The van der Waals surface area contributed by atoms with E-state index in [9.17, 15) is 14.0 Å². The minimum absolute atomic E-state index is 0.0804. The molecule has 2 heterocycles. The van der Waals surface area contributed by atoms with Crippen LogP contribution in [0, 0.1) is 18.7 Å². The van der Waals surface area contributed by atoms with E-state index in [2.05, 4.69) is 5.32 Å². The van der Waals surface area contributed by atoms with Crippen molar-refractivity contribution in [2.45, 2.75) is 19.8 Å². The van der Waals surface area contributed by atoms with Crippen molar-refractivity contribution in [3.05, 3.63) is 53.7 Å². The van der Waals surface area contributed by atoms with Crippen LogP contribution in [0.15, 0.2) is 41.2 Å². The molecule has 0 atom stereocenters. The molecule has 5 nitrogen and oxygen atoms in total. The van der Waals surface area contributed by atoms with Gasteiger partial charge in [0.25, 0.3) is 5.91 Å². The number of anilines is 1. The summed E-state index contributed by atoms with van der Waals surface area (Å²) < 4.78 is 18.5. The number of halogens is 1. The van der Waals surface area contributed by atoms with E-state index in [1.54, 1.807) is 30.0 Å². The predicted octanol–water partition coefficient (Wildman–Crippen LogP) is 3.22. The van der Waals surface area contributed by atoms with Crippen molar-refractivity contribution < 1.29 is 18.4 Å². The molecule has 3 rings (SSSR count). The van der Waals surface area contributed by atoms with E-state index < -0.39 is 0 Å². The number of benzene rings is 1. The molecule has 1 N–H and O–H groups in total. The smallest absolute Gasteiger partial charge is 0.257 e. The van der Waals surface area contributed by atoms with Crippen molar-refractivity contribution in [1.82, 2.24) is 4.90 Å². The molecule has 1 aromatic heterocycles. The average Bonchev–Trinajstić information content (AvgIpc) is 3.12. The van der Waals surface area contributed by atoms with E-state index in [0.29, 0.717) is 42.7 Å². The lowest BCUT2D eigenvalue weighted by atomic mass is 9.95. The van der Waals surface area contributed by atoms with Gasteiger partial charge in [-0.15, -0.1) is 0 Å². The molecular formula is C18H19FN2O3. The third kappa shape index (κ3) is 3.48. The summed E-state index contributed by atoms with van der Waals surface area (Å²) in [6, 6.07) is 6.28. The van der Waals surface area contributed by atoms with Crippen LogP contribution in [-0.4, -0.2) is 29.8 Å². The van der Waals surface area contributed by atoms with Crippen LogP contribution in [0.5, 0.6) is 0 Å². The lowest BCUT2D eigenvalue weighted by Gasteiger charge is -2.31. The van der Waals surface area contributed by atoms with E-state index in [-0.39, 0.29) is 23.5 Å². The molecule has 0 radical (unpaired) electrons. The Labute approximate surface area is 139 Å². The third-order valence-corrected chi connectivity index (χ3v) is 4.36. The Hall–Kier alpha value is -2.63. The maximum atomic E-state index is 13.5. The van der Waals surface area contributed by atoms with Gasteiger partial charge in [0.2, 0.25) is 5.91 Å². The van der Waals surface area contributed by atoms with Gasteiger partial charge in [0.05, 0.1) is 11.8 Å². The van der Waals surface area contributed by atoms with Crippen molar-refractivity contribution in [2.75, 3.05) is 18.4 Å². The van der Waals surface area contributed by atoms with Gasteiger partial charge < -0.3 is 14.6 Å². The number of rotatable bonds is 3. The lowest BCUT2D eigenvalue weighted by molar-refractivity contribution is -0.121. The van der Waals surface area contributed by atoms with Gasteiger partial charge in [-0.3, -0.25) is 9.59 Å². The number of hydrogen-bond donors (Lipinski definition) is 1. The van der Waals surface area contributed by atoms with Crippen molar-refractivity contribution in [3.8, 4) is 0 Å². The van der Waals surface area contributed by atoms with Crippen LogP contribution in [-0.2, 0) is 4.79 Å². The summed E-state index contributed by atoms with van der Waals surface area (Å²) >= 11 is 0. The summed E-state index contributed by atoms with van der Waals surface area (Å²) in [5.74, 6) is -0.729. The Bertz CT molecular complexity index is 735. The Morgan fingerprint density at radius 1 is 1.25 bits per heavy atom. The van der Waals surface area contributed by atoms with Crippen molar-refractivity contribution >= 4 is 17.5 Å². The number of furan rings is 1. The van der Waals surface area contributed by atoms with Crippen LogP contribution in [0.4, 0.5) is 10.1 Å². The SMILES string of the molecule is Cc1ccc(NC(=O)C2CCN(C(=O)c3ccoc3)CC2)cc1F. The molecule has 1 fully saturated rings. The van der Waals surface area contributed by atoms with Gasteiger partial charge >= 0.3 is 0 Å². The second kappa shape index (κ2) is 6.86. The number of amides is 2. The maximum absolute atomic E-state index is 13.5. The molecule has 2 amide bonds. The number of aryl methyl sites for hydroxylation is 1. The molecular weight excluding hydrogens is 311 g/mol. The number of carbonyl (C=O) groups is 2. The minimum atomic E-state index is -0.340. The highest BCUT2D eigenvalue weighted by Gasteiger charge is 2.28. The molecule has 0 saturated carbocycles. The summed E-state index contributed by atoms with van der Waals surface area (Å²) in [5.41, 5.74) is 1.52. The van der Waals surface area contributed by atoms with Gasteiger partial charge in [-0.2, -0.15) is 0 Å². The molecule has 0 spiro atoms. The number of piperidine rings is 1. The molecule has 0 bridgehead atoms. The van der Waals surface area contributed by atoms with Gasteiger partial charge in [0.15, 0.2) is 0 Å². The number of hydrogen-bond acceptors (Lipinski definition) is 3. The number of carbonyl (C=O) groups excluding carboxylic acids is 2. The summed E-state index contributed by atoms with van der Waals surface area (Å²) in [7, 11) is 0. The van der Waals surface area contributed by atoms with Gasteiger partial charge in [-0.25, -0.2) is 4.39 Å². The highest BCUT2D eigenvalue weighted by atomic mass is 19.1. The highest BCUT2D eigenvalue weighted by Crippen LogP contribution is 2.22. The Balaban J connectivity index is 1.55. The van der Waals surface area contributed by atoms with Crippen molar-refractivity contribution in [1.29, 1.82) is 0 Å². The molecule has 6 heteroatoms. The standard InChI is InChI=1S/C18H19FN2O3/c1-12-2-3-15(10-16(12)19)20-17(22)13-4-7-21(8-5-13)18(23)14-6-9-24-11-14/h2-3,6,9-11,13H,4-5,7-8H2,1H3,(H,20,22). The molecule has 2 aromatic rings. The van der Waals surface area contributed by atoms with Crippen LogP contribution in [0.3, 0.4) is 0 Å². The second-order valence-corrected chi connectivity index (χ2v) is 6.03. The molecule has 1 aliphatic heterocycles. The van der Waals surface area contributed by atoms with E-state index >= 15 is 0 Å². The van der Waals surface area contributed by atoms with Crippen LogP contribution in [0.2, 0.25) is 0 Å². The summed E-state index contributed by atoms with van der Waals surface area (Å²) in [5, 5.41) is 2.75. The molecule has 1 aromatic carbocycles.